The van der Waals surface area contributed by atoms with Gasteiger partial charge in [0.15, 0.2) is 0 Å². The molecule has 2 heterocycles. The zero-order chi connectivity index (χ0) is 66.7. The average Bonchev–Trinajstić information content (AvgIpc) is 0.682. The molecule has 0 fully saturated rings. The molecule has 6 aliphatic rings. The summed E-state index contributed by atoms with van der Waals surface area (Å²) in [6.07, 6.45) is 9.20. The van der Waals surface area contributed by atoms with Crippen molar-refractivity contribution in [3.8, 4) is 11.1 Å². The molecule has 8 aromatic carbocycles. The Morgan fingerprint density at radius 3 is 1.08 bits per heavy atom. The number of hydrogen-bond donors (Lipinski definition) is 0. The Morgan fingerprint density at radius 1 is 0.323 bits per heavy atom. The average molecular weight is 1230 g/mol. The zero-order valence-corrected chi connectivity index (χ0v) is 61.4. The predicted octanol–water partition coefficient (Wildman–Crippen LogP) is 23.2. The van der Waals surface area contributed by atoms with Crippen molar-refractivity contribution in [1.82, 2.24) is 0 Å². The molecule has 0 bridgehead atoms. The van der Waals surface area contributed by atoms with E-state index in [4.69, 9.17) is 0 Å². The highest BCUT2D eigenvalue weighted by molar-refractivity contribution is 7.00. The molecule has 2 aliphatic heterocycles. The molecule has 0 amide bonds. The second-order valence-electron chi connectivity index (χ2n) is 37.4. The van der Waals surface area contributed by atoms with Gasteiger partial charge >= 0.3 is 0 Å². The lowest BCUT2D eigenvalue weighted by atomic mass is 9.32. The topological polar surface area (TPSA) is 9.72 Å². The molecule has 4 heteroatoms. The fourth-order valence-corrected chi connectivity index (χ4v) is 18.0. The molecule has 0 unspecified atom stereocenters. The van der Waals surface area contributed by atoms with E-state index in [9.17, 15) is 0 Å². The molecule has 3 nitrogen and oxygen atoms in total. The van der Waals surface area contributed by atoms with E-state index in [0.29, 0.717) is 0 Å². The maximum Gasteiger partial charge on any atom is 0.252 e. The van der Waals surface area contributed by atoms with Crippen LogP contribution in [0.15, 0.2) is 140 Å². The maximum atomic E-state index is 2.79. The number of benzene rings is 8. The van der Waals surface area contributed by atoms with Crippen molar-refractivity contribution < 1.29 is 0 Å². The molecule has 0 spiro atoms. The zero-order valence-electron chi connectivity index (χ0n) is 61.4. The number of fused-ring (bicyclic) bond motifs is 8. The first kappa shape index (κ1) is 63.6. The molecule has 0 saturated carbocycles. The van der Waals surface area contributed by atoms with Crippen molar-refractivity contribution in [2.75, 3.05) is 14.7 Å². The van der Waals surface area contributed by atoms with E-state index in [1.165, 1.54) is 153 Å². The third kappa shape index (κ3) is 10.1. The summed E-state index contributed by atoms with van der Waals surface area (Å²) in [5.41, 5.74) is 33.6. The number of nitrogens with zero attached hydrogens (tertiary/aromatic N) is 3. The van der Waals surface area contributed by atoms with E-state index in [1.54, 1.807) is 0 Å². The minimum Gasteiger partial charge on any atom is -0.311 e. The normalized spacial score (nSPS) is 20.3. The summed E-state index contributed by atoms with van der Waals surface area (Å²) in [4.78, 5) is 8.27. The molecule has 93 heavy (non-hydrogen) atoms. The van der Waals surface area contributed by atoms with Gasteiger partial charge in [0.1, 0.15) is 0 Å². The van der Waals surface area contributed by atoms with Crippen molar-refractivity contribution in [2.24, 2.45) is 0 Å². The SMILES string of the molecule is Cc1cc(C(C)(C)C)ccc1N1c2cc3c(cc2B2c4cc5c(cc4N(c4ccc(C(C)(C)C)cc4-c4ccccc4)c4cc(N(c6ccc7c(c6)C(C)(C)CCC7(C)C)c6ccc7c(c6)C(C)(C)CCC7(C)C)cc1c42)C(C)(C)CCC5(C)C)C(C)(C)CCC3(C)C. The van der Waals surface area contributed by atoms with Crippen LogP contribution in [0.1, 0.15) is 265 Å². The Balaban J connectivity index is 1.19. The van der Waals surface area contributed by atoms with Gasteiger partial charge in [0.25, 0.3) is 6.71 Å². The fourth-order valence-electron chi connectivity index (χ4n) is 18.0. The molecule has 4 aliphatic carbocycles. The predicted molar refractivity (Wildman–Crippen MR) is 404 cm³/mol. The van der Waals surface area contributed by atoms with Crippen LogP contribution in [0, 0.1) is 6.92 Å². The first-order valence-corrected chi connectivity index (χ1v) is 35.8. The van der Waals surface area contributed by atoms with E-state index in [-0.39, 0.29) is 60.9 Å². The Morgan fingerprint density at radius 2 is 0.677 bits per heavy atom. The molecule has 482 valence electrons. The van der Waals surface area contributed by atoms with E-state index in [2.05, 4.69) is 313 Å². The van der Waals surface area contributed by atoms with E-state index in [0.717, 1.165) is 38.5 Å². The second kappa shape index (κ2) is 20.6. The van der Waals surface area contributed by atoms with Gasteiger partial charge in [-0.15, -0.1) is 0 Å². The summed E-state index contributed by atoms with van der Waals surface area (Å²) in [6.45, 7) is 56.6. The lowest BCUT2D eigenvalue weighted by Gasteiger charge is -2.49. The molecular formula is C89H108BN3. The van der Waals surface area contributed by atoms with Crippen LogP contribution in [0.2, 0.25) is 0 Å². The molecule has 8 aromatic rings. The second-order valence-corrected chi connectivity index (χ2v) is 37.4. The van der Waals surface area contributed by atoms with Crippen molar-refractivity contribution in [3.63, 3.8) is 0 Å². The van der Waals surface area contributed by atoms with Gasteiger partial charge in [-0.3, -0.25) is 0 Å². The highest BCUT2D eigenvalue weighted by atomic mass is 15.2. The summed E-state index contributed by atoms with van der Waals surface area (Å²) >= 11 is 0. The van der Waals surface area contributed by atoms with Gasteiger partial charge in [-0.2, -0.15) is 0 Å². The third-order valence-corrected chi connectivity index (χ3v) is 24.9. The Labute approximate surface area is 562 Å². The van der Waals surface area contributed by atoms with Crippen molar-refractivity contribution >= 4 is 74.3 Å². The van der Waals surface area contributed by atoms with Crippen molar-refractivity contribution in [2.45, 2.75) is 265 Å². The first-order valence-electron chi connectivity index (χ1n) is 35.8. The molecule has 0 N–H and O–H groups in total. The molecular weight excluding hydrogens is 1120 g/mol. The van der Waals surface area contributed by atoms with Crippen LogP contribution < -0.4 is 31.1 Å². The lowest BCUT2D eigenvalue weighted by molar-refractivity contribution is 0.332. The fraction of sp³-hybridized carbons (Fsp3) is 0.461. The van der Waals surface area contributed by atoms with Gasteiger partial charge in [-0.1, -0.05) is 225 Å². The van der Waals surface area contributed by atoms with Crippen LogP contribution in [0.3, 0.4) is 0 Å². The number of anilines is 9. The summed E-state index contributed by atoms with van der Waals surface area (Å²) in [5.74, 6) is 0. The summed E-state index contributed by atoms with van der Waals surface area (Å²) in [5, 5.41) is 0. The van der Waals surface area contributed by atoms with Crippen LogP contribution in [-0.2, 0) is 54.1 Å². The minimum atomic E-state index is -0.0787. The van der Waals surface area contributed by atoms with Gasteiger partial charge in [-0.25, -0.2) is 0 Å². The number of rotatable bonds is 6. The quantitative estimate of drug-likeness (QED) is 0.154. The van der Waals surface area contributed by atoms with E-state index >= 15 is 0 Å². The monoisotopic (exact) mass is 1230 g/mol. The molecule has 14 rings (SSSR count). The maximum absolute atomic E-state index is 2.79. The largest absolute Gasteiger partial charge is 0.311 e. The highest BCUT2D eigenvalue weighted by Crippen LogP contribution is 2.58. The van der Waals surface area contributed by atoms with Gasteiger partial charge in [0, 0.05) is 45.4 Å². The molecule has 0 radical (unpaired) electrons. The van der Waals surface area contributed by atoms with E-state index < -0.39 is 0 Å². The summed E-state index contributed by atoms with van der Waals surface area (Å²) in [6, 6.07) is 57.8. The minimum absolute atomic E-state index is 0.00273. The molecule has 0 saturated heterocycles. The summed E-state index contributed by atoms with van der Waals surface area (Å²) < 4.78 is 0. The van der Waals surface area contributed by atoms with Gasteiger partial charge in [-0.05, 0) is 262 Å². The van der Waals surface area contributed by atoms with Crippen molar-refractivity contribution in [3.05, 3.63) is 201 Å². The Bertz CT molecular complexity index is 4310. The lowest BCUT2D eigenvalue weighted by Crippen LogP contribution is -2.62. The van der Waals surface area contributed by atoms with Crippen LogP contribution in [0.25, 0.3) is 11.1 Å². The van der Waals surface area contributed by atoms with Gasteiger partial charge < -0.3 is 14.7 Å². The van der Waals surface area contributed by atoms with Gasteiger partial charge in [0.05, 0.1) is 11.4 Å². The third-order valence-electron chi connectivity index (χ3n) is 24.9. The van der Waals surface area contributed by atoms with Crippen molar-refractivity contribution in [1.29, 1.82) is 0 Å². The smallest absolute Gasteiger partial charge is 0.252 e. The molecule has 0 aromatic heterocycles. The first-order chi connectivity index (χ1) is 43.2. The summed E-state index contributed by atoms with van der Waals surface area (Å²) in [7, 11) is 0. The Hall–Kier alpha value is -6.78. The number of hydrogen-bond acceptors (Lipinski definition) is 3. The van der Waals surface area contributed by atoms with Crippen LogP contribution >= 0.6 is 0 Å². The van der Waals surface area contributed by atoms with Gasteiger partial charge in [0.2, 0.25) is 0 Å². The number of aryl methyl sites for hydroxylation is 1. The van der Waals surface area contributed by atoms with Crippen LogP contribution in [0.5, 0.6) is 0 Å². The standard InChI is InChI=1S/C89H108BN3/c1-55-45-57(80(2,3)4)29-35-73(55)92-75-53-69-67(86(16,17)41-43-88(69,20)21)51-71(75)90-72-52-68-70(89(22,23)44-42-87(68,18)19)54-76(72)93(74-36-30-58(81(5,6)7)46-62(74)56-27-25-24-26-28-56)78-50-61(49-77(92)79(78)90)91(59-31-33-63-65(47-59)84(12,13)39-37-82(63,8)9)60-32-34-64-66(48-60)85(14,15)40-38-83(64,10)11/h24-36,45-54H,37-44H2,1-23H3. The van der Waals surface area contributed by atoms with E-state index in [1.807, 2.05) is 0 Å². The Kier molecular flexibility index (Phi) is 14.1. The highest BCUT2D eigenvalue weighted by Gasteiger charge is 2.50. The molecule has 0 atom stereocenters. The van der Waals surface area contributed by atoms with Crippen LogP contribution in [-0.4, -0.2) is 6.71 Å². The van der Waals surface area contributed by atoms with Crippen LogP contribution in [0.4, 0.5) is 51.2 Å².